The van der Waals surface area contributed by atoms with Crippen LogP contribution in [0.15, 0.2) is 78.0 Å². The van der Waals surface area contributed by atoms with Gasteiger partial charge < -0.3 is 24.4 Å². The van der Waals surface area contributed by atoms with Crippen LogP contribution in [-0.2, 0) is 26.5 Å². The van der Waals surface area contributed by atoms with E-state index in [1.54, 1.807) is 4.68 Å². The Balaban J connectivity index is 1.32. The normalized spacial score (nSPS) is 24.2. The molecule has 272 valence electrons. The summed E-state index contributed by atoms with van der Waals surface area (Å²) in [7, 11) is -2.88. The van der Waals surface area contributed by atoms with Crippen molar-refractivity contribution in [3.63, 3.8) is 0 Å². The van der Waals surface area contributed by atoms with E-state index in [4.69, 9.17) is 4.74 Å². The standard InChI is InChI=1S/C40H53N5O5Si/c1-27(2)12-10-13-28(3)19-23-45-35-18-17-31(44-21-11-16-37(44)47)24-33(35)40(39(45)48)29(4)38(51(5,6)49)36(50-40)20-22-43-25-34(41-42-43)32(26-46)30-14-8-7-9-15-30/h7-9,12,14-15,17-19,24-25,29,32,36,38,46,49H,10-11,13,16,20-23,26H2,1-6H3/b28-19+/t29-,32?,36+,38-,40+/m1/s1. The summed E-state index contributed by atoms with van der Waals surface area (Å²) in [6, 6.07) is 15.7. The van der Waals surface area contributed by atoms with Crippen molar-refractivity contribution in [1.29, 1.82) is 0 Å². The average Bonchev–Trinajstić information content (AvgIpc) is 3.85. The fourth-order valence-corrected chi connectivity index (χ4v) is 11.0. The molecule has 10 nitrogen and oxygen atoms in total. The number of aliphatic hydroxyl groups is 1. The minimum absolute atomic E-state index is 0.0862. The van der Waals surface area contributed by atoms with Gasteiger partial charge in [-0.15, -0.1) is 5.10 Å². The molecular weight excluding hydrogens is 659 g/mol. The van der Waals surface area contributed by atoms with Crippen LogP contribution in [0, 0.1) is 5.92 Å². The van der Waals surface area contributed by atoms with Gasteiger partial charge in [0, 0.05) is 55.0 Å². The van der Waals surface area contributed by atoms with Gasteiger partial charge in [-0.25, -0.2) is 0 Å². The first-order chi connectivity index (χ1) is 24.3. The summed E-state index contributed by atoms with van der Waals surface area (Å²) in [5.41, 5.74) is 4.95. The van der Waals surface area contributed by atoms with Crippen LogP contribution >= 0.6 is 0 Å². The highest BCUT2D eigenvalue weighted by molar-refractivity contribution is 6.71. The van der Waals surface area contributed by atoms with Crippen LogP contribution in [0.3, 0.4) is 0 Å². The number of hydrogen-bond acceptors (Lipinski definition) is 7. The summed E-state index contributed by atoms with van der Waals surface area (Å²) in [4.78, 5) is 43.2. The summed E-state index contributed by atoms with van der Waals surface area (Å²) < 4.78 is 8.85. The van der Waals surface area contributed by atoms with Crippen LogP contribution < -0.4 is 9.80 Å². The van der Waals surface area contributed by atoms with Crippen LogP contribution in [0.25, 0.3) is 0 Å². The van der Waals surface area contributed by atoms with Gasteiger partial charge in [-0.2, -0.15) is 0 Å². The van der Waals surface area contributed by atoms with Crippen molar-refractivity contribution in [3.05, 3.63) is 94.8 Å². The van der Waals surface area contributed by atoms with E-state index in [1.165, 1.54) is 11.1 Å². The van der Waals surface area contributed by atoms with Gasteiger partial charge in [0.25, 0.3) is 5.91 Å². The predicted molar refractivity (Wildman–Crippen MR) is 202 cm³/mol. The first-order valence-electron chi connectivity index (χ1n) is 18.4. The topological polar surface area (TPSA) is 121 Å². The molecule has 1 aromatic heterocycles. The van der Waals surface area contributed by atoms with Crippen LogP contribution in [0.5, 0.6) is 0 Å². The number of hydrogen-bond donors (Lipinski definition) is 2. The molecule has 1 spiro atoms. The lowest BCUT2D eigenvalue weighted by atomic mass is 9.82. The zero-order valence-electron chi connectivity index (χ0n) is 30.9. The van der Waals surface area contributed by atoms with Crippen molar-refractivity contribution in [2.75, 3.05) is 29.5 Å². The molecule has 11 heteroatoms. The van der Waals surface area contributed by atoms with Gasteiger partial charge in [0.1, 0.15) is 0 Å². The van der Waals surface area contributed by atoms with Gasteiger partial charge >= 0.3 is 0 Å². The number of rotatable bonds is 13. The van der Waals surface area contributed by atoms with Gasteiger partial charge in [0.15, 0.2) is 13.9 Å². The van der Waals surface area contributed by atoms with Crippen LogP contribution in [-0.4, -0.2) is 70.8 Å². The fraction of sp³-hybridized carbons (Fsp3) is 0.500. The van der Waals surface area contributed by atoms with Crippen molar-refractivity contribution in [1.82, 2.24) is 15.0 Å². The minimum atomic E-state index is -2.88. The number of aromatic nitrogens is 3. The van der Waals surface area contributed by atoms with Crippen molar-refractivity contribution in [2.24, 2.45) is 5.92 Å². The molecule has 0 radical (unpaired) electrons. The number of nitrogens with zero attached hydrogens (tertiary/aromatic N) is 5. The SMILES string of the molecule is CC(C)=CCC/C(C)=C/CN1C(=O)[C@@]2(O[C@@H](CCn3cc(C(CO)c4ccccc4)nn3)[C@H]([Si](C)(C)O)[C@H]2C)c2cc(N3CCCC3=O)ccc21. The Hall–Kier alpha value is -3.90. The Kier molecular flexibility index (Phi) is 10.8. The number of carbonyl (C=O) groups excluding carboxylic acids is 2. The number of amides is 2. The molecule has 0 saturated carbocycles. The van der Waals surface area contributed by atoms with Gasteiger partial charge in [-0.3, -0.25) is 14.3 Å². The first-order valence-corrected chi connectivity index (χ1v) is 21.4. The monoisotopic (exact) mass is 711 g/mol. The second-order valence-electron chi connectivity index (χ2n) is 15.3. The van der Waals surface area contributed by atoms with E-state index in [2.05, 4.69) is 43.2 Å². The van der Waals surface area contributed by atoms with E-state index in [9.17, 15) is 19.5 Å². The molecule has 6 rings (SSSR count). The molecule has 2 aromatic carbocycles. The molecule has 3 aliphatic heterocycles. The molecule has 3 aromatic rings. The number of fused-ring (bicyclic) bond motifs is 2. The van der Waals surface area contributed by atoms with Crippen molar-refractivity contribution in [2.45, 2.75) is 103 Å². The fourth-order valence-electron chi connectivity index (χ4n) is 8.44. The smallest absolute Gasteiger partial charge is 0.264 e. The molecular formula is C40H53N5O5Si. The highest BCUT2D eigenvalue weighted by Gasteiger charge is 2.66. The Labute approximate surface area is 302 Å². The second kappa shape index (κ2) is 15.0. The highest BCUT2D eigenvalue weighted by atomic mass is 28.4. The maximum Gasteiger partial charge on any atom is 0.264 e. The van der Waals surface area contributed by atoms with Crippen LogP contribution in [0.1, 0.15) is 82.5 Å². The van der Waals surface area contributed by atoms with Crippen LogP contribution in [0.2, 0.25) is 18.6 Å². The minimum Gasteiger partial charge on any atom is -0.432 e. The Morgan fingerprint density at radius 2 is 1.88 bits per heavy atom. The lowest BCUT2D eigenvalue weighted by molar-refractivity contribution is -0.145. The molecule has 2 N–H and O–H groups in total. The quantitative estimate of drug-likeness (QED) is 0.154. The Bertz CT molecular complexity index is 1800. The van der Waals surface area contributed by atoms with E-state index in [0.717, 1.165) is 41.8 Å². The third-order valence-electron chi connectivity index (χ3n) is 11.0. The van der Waals surface area contributed by atoms with E-state index in [1.807, 2.05) is 84.5 Å². The summed E-state index contributed by atoms with van der Waals surface area (Å²) in [6.07, 6.45) is 9.50. The summed E-state index contributed by atoms with van der Waals surface area (Å²) in [6.45, 7) is 13.7. The molecule has 51 heavy (non-hydrogen) atoms. The molecule has 0 aliphatic carbocycles. The molecule has 2 amide bonds. The number of allylic oxidation sites excluding steroid dienone is 3. The number of aryl methyl sites for hydroxylation is 1. The number of ether oxygens (including phenoxy) is 1. The number of anilines is 2. The molecule has 4 heterocycles. The van der Waals surface area contributed by atoms with E-state index >= 15 is 0 Å². The van der Waals surface area contributed by atoms with Crippen molar-refractivity contribution < 1.29 is 24.2 Å². The molecule has 2 saturated heterocycles. The summed E-state index contributed by atoms with van der Waals surface area (Å²) >= 11 is 0. The van der Waals surface area contributed by atoms with Crippen LogP contribution in [0.4, 0.5) is 11.4 Å². The van der Waals surface area contributed by atoms with Gasteiger partial charge in [-0.05, 0) is 83.3 Å². The van der Waals surface area contributed by atoms with E-state index in [-0.39, 0.29) is 35.8 Å². The van der Waals surface area contributed by atoms with Gasteiger partial charge in [0.05, 0.1) is 30.0 Å². The maximum atomic E-state index is 14.9. The van der Waals surface area contributed by atoms with Gasteiger partial charge in [0.2, 0.25) is 5.91 Å². The van der Waals surface area contributed by atoms with E-state index in [0.29, 0.717) is 38.2 Å². The maximum absolute atomic E-state index is 14.9. The average molecular weight is 712 g/mol. The number of benzene rings is 2. The number of carbonyl (C=O) groups is 2. The summed E-state index contributed by atoms with van der Waals surface area (Å²) in [5.74, 6) is -0.641. The Morgan fingerprint density at radius 3 is 2.55 bits per heavy atom. The molecule has 0 bridgehead atoms. The third kappa shape index (κ3) is 7.26. The van der Waals surface area contributed by atoms with Gasteiger partial charge in [-0.1, -0.05) is 65.8 Å². The molecule has 3 aliphatic rings. The zero-order valence-corrected chi connectivity index (χ0v) is 31.9. The van der Waals surface area contributed by atoms with E-state index < -0.39 is 20.0 Å². The lowest BCUT2D eigenvalue weighted by Crippen LogP contribution is -2.46. The Morgan fingerprint density at radius 1 is 1.12 bits per heavy atom. The molecule has 1 unspecified atom stereocenters. The summed E-state index contributed by atoms with van der Waals surface area (Å²) in [5, 5.41) is 19.0. The second-order valence-corrected chi connectivity index (χ2v) is 19.3. The van der Waals surface area contributed by atoms with Crippen molar-refractivity contribution >= 4 is 31.5 Å². The lowest BCUT2D eigenvalue weighted by Gasteiger charge is -2.32. The molecule has 2 fully saturated rings. The zero-order chi connectivity index (χ0) is 36.5. The number of aliphatic hydroxyl groups excluding tert-OH is 1. The highest BCUT2D eigenvalue weighted by Crippen LogP contribution is 2.60. The largest absolute Gasteiger partial charge is 0.432 e. The third-order valence-corrected chi connectivity index (χ3v) is 13.5. The predicted octanol–water partition coefficient (Wildman–Crippen LogP) is 6.46. The first kappa shape index (κ1) is 36.9. The molecule has 5 atom stereocenters. The van der Waals surface area contributed by atoms with Crippen molar-refractivity contribution in [3.8, 4) is 0 Å².